The van der Waals surface area contributed by atoms with Crippen molar-refractivity contribution in [2.75, 3.05) is 14.2 Å². The minimum absolute atomic E-state index is 0.0313. The van der Waals surface area contributed by atoms with Gasteiger partial charge in [0.15, 0.2) is 0 Å². The van der Waals surface area contributed by atoms with Gasteiger partial charge in [0.1, 0.15) is 43.1 Å². The van der Waals surface area contributed by atoms with Gasteiger partial charge in [-0.2, -0.15) is 9.97 Å². The number of benzene rings is 2. The van der Waals surface area contributed by atoms with Gasteiger partial charge in [-0.1, -0.05) is 46.4 Å². The van der Waals surface area contributed by atoms with E-state index < -0.39 is 11.9 Å². The fourth-order valence-electron chi connectivity index (χ4n) is 3.45. The van der Waals surface area contributed by atoms with E-state index in [1.807, 2.05) is 0 Å². The molecule has 40 heavy (non-hydrogen) atoms. The van der Waals surface area contributed by atoms with E-state index in [2.05, 4.69) is 9.97 Å². The molecule has 1 aliphatic heterocycles. The molecule has 2 aromatic heterocycles. The number of ether oxygens (including phenoxy) is 6. The van der Waals surface area contributed by atoms with Gasteiger partial charge < -0.3 is 28.4 Å². The zero-order valence-electron chi connectivity index (χ0n) is 20.3. The molecule has 0 fully saturated rings. The Bertz CT molecular complexity index is 1470. The second-order valence-electron chi connectivity index (χ2n) is 7.90. The molecule has 0 amide bonds. The van der Waals surface area contributed by atoms with Crippen molar-refractivity contribution in [1.29, 1.82) is 0 Å². The maximum atomic E-state index is 12.4. The molecule has 2 aromatic carbocycles. The molecule has 0 unspecified atom stereocenters. The van der Waals surface area contributed by atoms with Crippen LogP contribution in [-0.4, -0.2) is 36.1 Å². The van der Waals surface area contributed by atoms with E-state index in [1.165, 1.54) is 62.8 Å². The van der Waals surface area contributed by atoms with E-state index in [4.69, 9.17) is 74.8 Å². The third-order valence-electron chi connectivity index (χ3n) is 5.19. The summed E-state index contributed by atoms with van der Waals surface area (Å²) in [6.45, 7) is 0. The van der Waals surface area contributed by atoms with E-state index in [9.17, 15) is 9.59 Å². The van der Waals surface area contributed by atoms with E-state index in [1.54, 1.807) is 0 Å². The number of fused-ring (bicyclic) bond motifs is 8. The van der Waals surface area contributed by atoms with Crippen LogP contribution in [0.25, 0.3) is 0 Å². The van der Waals surface area contributed by atoms with Crippen LogP contribution in [0.4, 0.5) is 0 Å². The molecule has 204 valence electrons. The van der Waals surface area contributed by atoms with Crippen LogP contribution in [0.3, 0.4) is 0 Å². The number of carbonyl (C=O) groups excluding carboxylic acids is 2. The summed E-state index contributed by atoms with van der Waals surface area (Å²) in [7, 11) is 2.44. The summed E-state index contributed by atoms with van der Waals surface area (Å²) in [5, 5.41) is 0.125. The highest BCUT2D eigenvalue weighted by atomic mass is 35.5. The number of halogens is 4. The Labute approximate surface area is 246 Å². The topological polar surface area (TPSA) is 115 Å². The van der Waals surface area contributed by atoms with Crippen molar-refractivity contribution in [3.8, 4) is 46.5 Å². The van der Waals surface area contributed by atoms with Crippen molar-refractivity contribution < 1.29 is 38.0 Å². The summed E-state index contributed by atoms with van der Waals surface area (Å²) in [5.41, 5.74) is 0.147. The zero-order valence-corrected chi connectivity index (χ0v) is 23.3. The van der Waals surface area contributed by atoms with Crippen LogP contribution in [0, 0.1) is 0 Å². The van der Waals surface area contributed by atoms with E-state index in [-0.39, 0.29) is 77.7 Å². The average Bonchev–Trinajstić information content (AvgIpc) is 2.92. The summed E-state index contributed by atoms with van der Waals surface area (Å²) >= 11 is 25.3. The molecule has 8 bridgehead atoms. The average molecular weight is 624 g/mol. The fourth-order valence-corrected chi connectivity index (χ4v) is 4.32. The summed E-state index contributed by atoms with van der Waals surface area (Å²) in [4.78, 5) is 33.3. The number of esters is 2. The number of pyridine rings is 2. The zero-order chi connectivity index (χ0) is 28.6. The Morgan fingerprint density at radius 1 is 0.525 bits per heavy atom. The first kappa shape index (κ1) is 27.6. The lowest BCUT2D eigenvalue weighted by molar-refractivity contribution is 0.0591. The van der Waals surface area contributed by atoms with Crippen LogP contribution in [0.1, 0.15) is 20.7 Å². The van der Waals surface area contributed by atoms with Crippen molar-refractivity contribution in [2.45, 2.75) is 0 Å². The first-order valence-electron chi connectivity index (χ1n) is 11.0. The van der Waals surface area contributed by atoms with Gasteiger partial charge in [0.05, 0.1) is 25.3 Å². The van der Waals surface area contributed by atoms with Gasteiger partial charge in [-0.3, -0.25) is 0 Å². The number of hydrogen-bond donors (Lipinski definition) is 0. The number of hydrogen-bond acceptors (Lipinski definition) is 10. The molecule has 0 saturated heterocycles. The second kappa shape index (κ2) is 11.3. The van der Waals surface area contributed by atoms with Crippen LogP contribution in [0.15, 0.2) is 48.5 Å². The van der Waals surface area contributed by atoms with E-state index >= 15 is 0 Å². The minimum Gasteiger partial charge on any atom is -0.465 e. The minimum atomic E-state index is -0.678. The van der Waals surface area contributed by atoms with Crippen LogP contribution < -0.4 is 18.9 Å². The van der Waals surface area contributed by atoms with Gasteiger partial charge in [-0.15, -0.1) is 0 Å². The van der Waals surface area contributed by atoms with Gasteiger partial charge in [-0.25, -0.2) is 9.59 Å². The molecule has 4 aromatic rings. The SMILES string of the molecule is COC(=O)c1cc2cc(c1)Oc1nc(c(Cl)cc1Cl)Oc1cc(cc(C(=O)OC)c1)Oc1nc(c(Cl)cc1Cl)O2. The Morgan fingerprint density at radius 3 is 1.05 bits per heavy atom. The van der Waals surface area contributed by atoms with Gasteiger partial charge in [0.2, 0.25) is 23.5 Å². The highest BCUT2D eigenvalue weighted by Crippen LogP contribution is 2.41. The smallest absolute Gasteiger partial charge is 0.338 e. The lowest BCUT2D eigenvalue weighted by Gasteiger charge is -2.16. The highest BCUT2D eigenvalue weighted by Gasteiger charge is 2.21. The molecule has 5 rings (SSSR count). The first-order valence-corrected chi connectivity index (χ1v) is 12.5. The lowest BCUT2D eigenvalue weighted by atomic mass is 10.2. The number of aromatic nitrogens is 2. The molecule has 3 heterocycles. The van der Waals surface area contributed by atoms with Crippen LogP contribution >= 0.6 is 46.4 Å². The van der Waals surface area contributed by atoms with Crippen LogP contribution in [0.5, 0.6) is 46.5 Å². The van der Waals surface area contributed by atoms with Crippen molar-refractivity contribution in [2.24, 2.45) is 0 Å². The summed E-state index contributed by atoms with van der Waals surface area (Å²) in [6, 6.07) is 11.1. The number of rotatable bonds is 2. The second-order valence-corrected chi connectivity index (χ2v) is 9.53. The summed E-state index contributed by atoms with van der Waals surface area (Å²) < 4.78 is 33.2. The monoisotopic (exact) mass is 622 g/mol. The third kappa shape index (κ3) is 5.80. The van der Waals surface area contributed by atoms with Crippen LogP contribution in [0.2, 0.25) is 20.1 Å². The van der Waals surface area contributed by atoms with Crippen LogP contribution in [-0.2, 0) is 9.47 Å². The third-order valence-corrected chi connectivity index (χ3v) is 6.27. The first-order chi connectivity index (χ1) is 19.1. The molecule has 0 aliphatic carbocycles. The van der Waals surface area contributed by atoms with Gasteiger partial charge in [-0.05, 0) is 36.4 Å². The van der Waals surface area contributed by atoms with Crippen molar-refractivity contribution in [3.05, 3.63) is 79.7 Å². The van der Waals surface area contributed by atoms with Gasteiger partial charge in [0.25, 0.3) is 0 Å². The number of nitrogens with zero attached hydrogens (tertiary/aromatic N) is 2. The van der Waals surface area contributed by atoms with Crippen molar-refractivity contribution in [3.63, 3.8) is 0 Å². The maximum absolute atomic E-state index is 12.4. The molecule has 14 heteroatoms. The Hall–Kier alpha value is -3.96. The largest absolute Gasteiger partial charge is 0.465 e. The normalized spacial score (nSPS) is 11.8. The predicted molar refractivity (Wildman–Crippen MR) is 144 cm³/mol. The molecule has 0 atom stereocenters. The van der Waals surface area contributed by atoms with Crippen molar-refractivity contribution in [1.82, 2.24) is 9.97 Å². The molecule has 0 N–H and O–H groups in total. The highest BCUT2D eigenvalue weighted by molar-refractivity contribution is 6.36. The predicted octanol–water partition coefficient (Wildman–Crippen LogP) is 8.15. The summed E-state index contributed by atoms with van der Waals surface area (Å²) in [5.74, 6) is -1.48. The molecule has 0 spiro atoms. The van der Waals surface area contributed by atoms with E-state index in [0.29, 0.717) is 0 Å². The quantitative estimate of drug-likeness (QED) is 0.178. The lowest BCUT2D eigenvalue weighted by Crippen LogP contribution is -2.04. The fraction of sp³-hybridized carbons (Fsp3) is 0.0769. The molecular weight excluding hydrogens is 610 g/mol. The van der Waals surface area contributed by atoms with Gasteiger partial charge in [0, 0.05) is 12.1 Å². The summed E-state index contributed by atoms with van der Waals surface area (Å²) in [6.07, 6.45) is 0. The molecular formula is C26H14Cl4N2O8. The number of methoxy groups -OCH3 is 2. The number of carbonyl (C=O) groups is 2. The van der Waals surface area contributed by atoms with Crippen molar-refractivity contribution >= 4 is 58.3 Å². The van der Waals surface area contributed by atoms with Gasteiger partial charge >= 0.3 is 11.9 Å². The molecule has 0 saturated carbocycles. The Morgan fingerprint density at radius 2 is 0.800 bits per heavy atom. The maximum Gasteiger partial charge on any atom is 0.338 e. The molecule has 1 aliphatic rings. The van der Waals surface area contributed by atoms with E-state index in [0.717, 1.165) is 0 Å². The Kier molecular flexibility index (Phi) is 7.77. The molecule has 0 radical (unpaired) electrons. The molecule has 10 nitrogen and oxygen atoms in total. The Balaban J connectivity index is 1.73. The standard InChI is InChI=1S/C26H14Cl4N2O8/c1-35-25(33)11-3-13-7-14(4-11)38-22-18(28)10-20(30)24(32-22)40-16-6-12(26(34)36-2)5-15(8-16)39-23-19(29)9-17(27)21(31-23)37-13/h3-10H,1-2H3.